The van der Waals surface area contributed by atoms with Gasteiger partial charge in [0, 0.05) is 11.1 Å². The van der Waals surface area contributed by atoms with Crippen molar-refractivity contribution in [3.8, 4) is 5.75 Å². The number of phenolic OH excluding ortho intramolecular Hbond substituents is 1. The first-order valence-corrected chi connectivity index (χ1v) is 14.9. The SMILES string of the molecule is CCC(C)c1c(O)c(C23CC4CC(CC(C4)C2)C3)cc2c1CCC1C2CC[C@@]2(C)C1CC[C@@H]2O. The summed E-state index contributed by atoms with van der Waals surface area (Å²) in [6.07, 6.45) is 16.4. The largest absolute Gasteiger partial charge is 0.507 e. The summed E-state index contributed by atoms with van der Waals surface area (Å²) in [5.41, 5.74) is 6.26. The molecule has 6 fully saturated rings. The highest BCUT2D eigenvalue weighted by Crippen LogP contribution is 2.65. The molecule has 1 aromatic rings. The van der Waals surface area contributed by atoms with Gasteiger partial charge in [0.1, 0.15) is 5.75 Å². The maximum absolute atomic E-state index is 12.0. The molecule has 7 aliphatic carbocycles. The lowest BCUT2D eigenvalue weighted by atomic mass is 9.47. The summed E-state index contributed by atoms with van der Waals surface area (Å²) in [4.78, 5) is 0. The second-order valence-electron chi connectivity index (χ2n) is 14.3. The van der Waals surface area contributed by atoms with Crippen LogP contribution < -0.4 is 0 Å². The molecule has 2 heteroatoms. The monoisotopic (exact) mass is 462 g/mol. The van der Waals surface area contributed by atoms with Crippen LogP contribution in [0.5, 0.6) is 5.75 Å². The lowest BCUT2D eigenvalue weighted by Crippen LogP contribution is -2.49. The number of fused-ring (bicyclic) bond motifs is 5. The van der Waals surface area contributed by atoms with E-state index < -0.39 is 0 Å². The highest BCUT2D eigenvalue weighted by atomic mass is 16.3. The number of rotatable bonds is 3. The topological polar surface area (TPSA) is 40.5 Å². The molecule has 1 aromatic carbocycles. The van der Waals surface area contributed by atoms with Crippen LogP contribution >= 0.6 is 0 Å². The fourth-order valence-electron chi connectivity index (χ4n) is 11.3. The summed E-state index contributed by atoms with van der Waals surface area (Å²) >= 11 is 0. The zero-order valence-corrected chi connectivity index (χ0v) is 21.8. The average molecular weight is 463 g/mol. The smallest absolute Gasteiger partial charge is 0.123 e. The Bertz CT molecular complexity index is 958. The van der Waals surface area contributed by atoms with Gasteiger partial charge in [-0.05, 0) is 147 Å². The number of aromatic hydroxyl groups is 1. The predicted octanol–water partition coefficient (Wildman–Crippen LogP) is 7.59. The molecule has 4 bridgehead atoms. The summed E-state index contributed by atoms with van der Waals surface area (Å²) in [5.74, 6) is 5.89. The molecule has 0 spiro atoms. The zero-order chi connectivity index (χ0) is 23.4. The molecular weight excluding hydrogens is 416 g/mol. The van der Waals surface area contributed by atoms with Crippen LogP contribution in [0, 0.1) is 35.0 Å². The van der Waals surface area contributed by atoms with Crippen LogP contribution in [0.1, 0.15) is 132 Å². The van der Waals surface area contributed by atoms with Gasteiger partial charge in [0.2, 0.25) is 0 Å². The Morgan fingerprint density at radius 3 is 2.32 bits per heavy atom. The Hall–Kier alpha value is -1.02. The van der Waals surface area contributed by atoms with Crippen LogP contribution in [-0.4, -0.2) is 16.3 Å². The van der Waals surface area contributed by atoms with E-state index in [4.69, 9.17) is 0 Å². The first-order valence-electron chi connectivity index (χ1n) is 14.9. The van der Waals surface area contributed by atoms with Crippen molar-refractivity contribution >= 4 is 0 Å². The average Bonchev–Trinajstić information content (AvgIpc) is 3.11. The molecule has 2 N–H and O–H groups in total. The fourth-order valence-corrected chi connectivity index (χ4v) is 11.3. The summed E-state index contributed by atoms with van der Waals surface area (Å²) in [6, 6.07) is 2.59. The van der Waals surface area contributed by atoms with Crippen molar-refractivity contribution in [2.45, 2.75) is 128 Å². The van der Waals surface area contributed by atoms with Gasteiger partial charge in [-0.15, -0.1) is 0 Å². The van der Waals surface area contributed by atoms with Crippen LogP contribution in [-0.2, 0) is 11.8 Å². The number of aliphatic hydroxyl groups excluding tert-OH is 1. The second kappa shape index (κ2) is 7.50. The molecule has 0 aromatic heterocycles. The fraction of sp³-hybridized carbons (Fsp3) is 0.812. The van der Waals surface area contributed by atoms with Crippen molar-refractivity contribution in [1.29, 1.82) is 0 Å². The number of phenols is 1. The van der Waals surface area contributed by atoms with Crippen molar-refractivity contribution in [2.24, 2.45) is 35.0 Å². The Kier molecular flexibility index (Phi) is 4.90. The molecule has 34 heavy (non-hydrogen) atoms. The van der Waals surface area contributed by atoms with E-state index in [9.17, 15) is 10.2 Å². The lowest BCUT2D eigenvalue weighted by Gasteiger charge is -2.57. The molecule has 0 amide bonds. The quantitative estimate of drug-likeness (QED) is 0.486. The first kappa shape index (κ1) is 22.2. The van der Waals surface area contributed by atoms with Crippen LogP contribution in [0.2, 0.25) is 0 Å². The van der Waals surface area contributed by atoms with Crippen LogP contribution in [0.15, 0.2) is 6.07 Å². The second-order valence-corrected chi connectivity index (χ2v) is 14.3. The van der Waals surface area contributed by atoms with Gasteiger partial charge >= 0.3 is 0 Å². The molecule has 0 aliphatic heterocycles. The first-order chi connectivity index (χ1) is 16.3. The minimum Gasteiger partial charge on any atom is -0.507 e. The van der Waals surface area contributed by atoms with E-state index in [-0.39, 0.29) is 16.9 Å². The van der Waals surface area contributed by atoms with E-state index in [1.165, 1.54) is 80.9 Å². The molecule has 8 rings (SSSR count). The molecular formula is C32H46O2. The molecule has 2 nitrogen and oxygen atoms in total. The Balaban J connectivity index is 1.36. The predicted molar refractivity (Wildman–Crippen MR) is 137 cm³/mol. The van der Waals surface area contributed by atoms with Crippen molar-refractivity contribution in [2.75, 3.05) is 0 Å². The number of benzene rings is 1. The highest BCUT2D eigenvalue weighted by Gasteiger charge is 2.56. The third kappa shape index (κ3) is 2.90. The molecule has 6 atom stereocenters. The molecule has 0 radical (unpaired) electrons. The van der Waals surface area contributed by atoms with Gasteiger partial charge in [0.25, 0.3) is 0 Å². The molecule has 186 valence electrons. The van der Waals surface area contributed by atoms with Gasteiger partial charge in [0.05, 0.1) is 6.10 Å². The van der Waals surface area contributed by atoms with Gasteiger partial charge in [-0.2, -0.15) is 0 Å². The van der Waals surface area contributed by atoms with Crippen LogP contribution in [0.25, 0.3) is 0 Å². The summed E-state index contributed by atoms with van der Waals surface area (Å²) < 4.78 is 0. The van der Waals surface area contributed by atoms with Crippen LogP contribution in [0.3, 0.4) is 0 Å². The molecule has 7 aliphatic rings. The maximum Gasteiger partial charge on any atom is 0.123 e. The normalized spacial score (nSPS) is 47.2. The Morgan fingerprint density at radius 2 is 1.68 bits per heavy atom. The minimum atomic E-state index is -0.0991. The number of hydrogen-bond donors (Lipinski definition) is 2. The highest BCUT2D eigenvalue weighted by molar-refractivity contribution is 5.57. The van der Waals surface area contributed by atoms with Gasteiger partial charge in [-0.25, -0.2) is 0 Å². The van der Waals surface area contributed by atoms with Crippen molar-refractivity contribution in [3.05, 3.63) is 28.3 Å². The van der Waals surface area contributed by atoms with E-state index >= 15 is 0 Å². The summed E-state index contributed by atoms with van der Waals surface area (Å²) in [6.45, 7) is 7.05. The van der Waals surface area contributed by atoms with E-state index in [0.717, 1.165) is 42.9 Å². The minimum absolute atomic E-state index is 0.0991. The van der Waals surface area contributed by atoms with Crippen LogP contribution in [0.4, 0.5) is 0 Å². The summed E-state index contributed by atoms with van der Waals surface area (Å²) in [5, 5.41) is 22.9. The molecule has 6 saturated carbocycles. The molecule has 4 unspecified atom stereocenters. The number of hydrogen-bond acceptors (Lipinski definition) is 2. The van der Waals surface area contributed by atoms with E-state index in [2.05, 4.69) is 26.8 Å². The Labute approximate surface area is 206 Å². The van der Waals surface area contributed by atoms with Gasteiger partial charge in [0.15, 0.2) is 0 Å². The van der Waals surface area contributed by atoms with E-state index in [1.807, 2.05) is 0 Å². The van der Waals surface area contributed by atoms with E-state index in [0.29, 0.717) is 23.5 Å². The zero-order valence-electron chi connectivity index (χ0n) is 21.8. The standard InChI is InChI=1S/C32H46O2/c1-4-18(2)29-24-6-5-23-22(9-10-31(3)26(23)7-8-28(31)33)25(24)14-27(30(29)34)32-15-19-11-20(16-32)13-21(12-19)17-32/h14,18-23,26,28,33-34H,4-13,15-17H2,1-3H3/t18?,19?,20?,21?,22?,23?,26?,28-,31-,32?/m0/s1. The van der Waals surface area contributed by atoms with Gasteiger partial charge in [-0.1, -0.05) is 26.8 Å². The molecule has 0 heterocycles. The van der Waals surface area contributed by atoms with Crippen molar-refractivity contribution < 1.29 is 10.2 Å². The third-order valence-corrected chi connectivity index (χ3v) is 12.7. The van der Waals surface area contributed by atoms with Gasteiger partial charge < -0.3 is 10.2 Å². The lowest BCUT2D eigenvalue weighted by molar-refractivity contribution is -0.0229. The third-order valence-electron chi connectivity index (χ3n) is 12.7. The number of aliphatic hydroxyl groups is 1. The van der Waals surface area contributed by atoms with Crippen molar-refractivity contribution in [3.63, 3.8) is 0 Å². The Morgan fingerprint density at radius 1 is 1.00 bits per heavy atom. The van der Waals surface area contributed by atoms with E-state index in [1.54, 1.807) is 5.56 Å². The summed E-state index contributed by atoms with van der Waals surface area (Å²) in [7, 11) is 0. The molecule has 0 saturated heterocycles. The maximum atomic E-state index is 12.0. The van der Waals surface area contributed by atoms with Gasteiger partial charge in [-0.3, -0.25) is 0 Å². The van der Waals surface area contributed by atoms with Crippen molar-refractivity contribution in [1.82, 2.24) is 0 Å².